The number of aryl methyl sites for hydroxylation is 1. The topological polar surface area (TPSA) is 46.8 Å². The van der Waals surface area contributed by atoms with Crippen LogP contribution in [0.1, 0.15) is 19.8 Å². The Balaban J connectivity index is 1.81. The Morgan fingerprint density at radius 1 is 1.15 bits per heavy atom. The van der Waals surface area contributed by atoms with Crippen LogP contribution in [0, 0.1) is 11.7 Å². The first kappa shape index (κ1) is 16.7. The monoisotopic (exact) mass is 351 g/mol. The first-order chi connectivity index (χ1) is 12.6. The molecule has 2 aromatic heterocycles. The highest BCUT2D eigenvalue weighted by Gasteiger charge is 2.21. The van der Waals surface area contributed by atoms with Gasteiger partial charge in [0, 0.05) is 44.3 Å². The molecule has 0 N–H and O–H groups in total. The molecule has 0 unspecified atom stereocenters. The summed E-state index contributed by atoms with van der Waals surface area (Å²) in [6, 6.07) is 6.52. The molecule has 1 aromatic carbocycles. The summed E-state index contributed by atoms with van der Waals surface area (Å²) in [5, 5.41) is 0. The van der Waals surface area contributed by atoms with Crippen molar-refractivity contribution in [2.75, 3.05) is 18.0 Å². The molecule has 5 nitrogen and oxygen atoms in total. The molecule has 1 aliphatic heterocycles. The van der Waals surface area contributed by atoms with Crippen LogP contribution >= 0.6 is 0 Å². The molecule has 26 heavy (non-hydrogen) atoms. The van der Waals surface area contributed by atoms with Crippen LogP contribution in [0.5, 0.6) is 0 Å². The summed E-state index contributed by atoms with van der Waals surface area (Å²) < 4.78 is 15.7. The predicted molar refractivity (Wildman–Crippen MR) is 100 cm³/mol. The van der Waals surface area contributed by atoms with Crippen molar-refractivity contribution in [3.63, 3.8) is 0 Å². The van der Waals surface area contributed by atoms with Crippen molar-refractivity contribution in [2.24, 2.45) is 13.0 Å². The van der Waals surface area contributed by atoms with Gasteiger partial charge in [0.2, 0.25) is 5.95 Å². The van der Waals surface area contributed by atoms with Crippen molar-refractivity contribution >= 4 is 5.95 Å². The maximum atomic E-state index is 13.7. The Morgan fingerprint density at radius 2 is 1.96 bits per heavy atom. The number of piperidine rings is 1. The molecule has 0 amide bonds. The van der Waals surface area contributed by atoms with E-state index in [0.717, 1.165) is 60.4 Å². The largest absolute Gasteiger partial charge is 0.341 e. The molecule has 3 aromatic rings. The molecule has 0 aliphatic carbocycles. The molecule has 0 atom stereocenters. The molecule has 6 heteroatoms. The lowest BCUT2D eigenvalue weighted by molar-refractivity contribution is 0.434. The molecule has 4 rings (SSSR count). The second-order valence-corrected chi connectivity index (χ2v) is 6.97. The van der Waals surface area contributed by atoms with Gasteiger partial charge in [-0.25, -0.2) is 19.3 Å². The molecule has 1 aliphatic rings. The number of anilines is 1. The second kappa shape index (κ2) is 6.86. The lowest BCUT2D eigenvalue weighted by Crippen LogP contribution is -2.34. The zero-order chi connectivity index (χ0) is 18.1. The minimum Gasteiger partial charge on any atom is -0.341 e. The van der Waals surface area contributed by atoms with Gasteiger partial charge in [-0.1, -0.05) is 19.1 Å². The number of hydrogen-bond donors (Lipinski definition) is 0. The Hall–Kier alpha value is -2.76. The van der Waals surface area contributed by atoms with E-state index in [2.05, 4.69) is 21.8 Å². The Labute approximate surface area is 152 Å². The van der Waals surface area contributed by atoms with E-state index in [4.69, 9.17) is 4.98 Å². The van der Waals surface area contributed by atoms with Gasteiger partial charge in [-0.2, -0.15) is 0 Å². The van der Waals surface area contributed by atoms with Gasteiger partial charge in [-0.3, -0.25) is 0 Å². The molecule has 0 bridgehead atoms. The number of imidazole rings is 1. The fourth-order valence-corrected chi connectivity index (χ4v) is 3.36. The molecule has 134 valence electrons. The maximum absolute atomic E-state index is 13.7. The Bertz CT molecular complexity index is 912. The van der Waals surface area contributed by atoms with E-state index in [1.807, 2.05) is 23.9 Å². The van der Waals surface area contributed by atoms with Crippen LogP contribution in [-0.4, -0.2) is 32.6 Å². The van der Waals surface area contributed by atoms with Crippen molar-refractivity contribution < 1.29 is 4.39 Å². The maximum Gasteiger partial charge on any atom is 0.226 e. The van der Waals surface area contributed by atoms with E-state index in [1.54, 1.807) is 18.5 Å². The first-order valence-electron chi connectivity index (χ1n) is 8.97. The minimum absolute atomic E-state index is 0.276. The van der Waals surface area contributed by atoms with Gasteiger partial charge in [0.25, 0.3) is 0 Å². The van der Waals surface area contributed by atoms with E-state index in [9.17, 15) is 4.39 Å². The smallest absolute Gasteiger partial charge is 0.226 e. The zero-order valence-electron chi connectivity index (χ0n) is 15.1. The average molecular weight is 351 g/mol. The van der Waals surface area contributed by atoms with Crippen LogP contribution in [0.2, 0.25) is 0 Å². The van der Waals surface area contributed by atoms with Crippen LogP contribution < -0.4 is 4.90 Å². The molecular formula is C20H22FN5. The molecule has 0 saturated carbocycles. The first-order valence-corrected chi connectivity index (χ1v) is 8.97. The van der Waals surface area contributed by atoms with Gasteiger partial charge >= 0.3 is 0 Å². The van der Waals surface area contributed by atoms with Gasteiger partial charge in [-0.15, -0.1) is 0 Å². The molecule has 0 radical (unpaired) electrons. The van der Waals surface area contributed by atoms with E-state index in [-0.39, 0.29) is 5.82 Å². The summed E-state index contributed by atoms with van der Waals surface area (Å²) in [6.07, 6.45) is 7.71. The summed E-state index contributed by atoms with van der Waals surface area (Å²) >= 11 is 0. The van der Waals surface area contributed by atoms with Gasteiger partial charge < -0.3 is 9.47 Å². The third kappa shape index (κ3) is 3.19. The third-order valence-electron chi connectivity index (χ3n) is 5.01. The van der Waals surface area contributed by atoms with Gasteiger partial charge in [0.1, 0.15) is 11.5 Å². The van der Waals surface area contributed by atoms with Crippen LogP contribution in [-0.2, 0) is 7.05 Å². The van der Waals surface area contributed by atoms with Crippen molar-refractivity contribution in [3.8, 4) is 22.6 Å². The van der Waals surface area contributed by atoms with Gasteiger partial charge in [0.05, 0.1) is 0 Å². The summed E-state index contributed by atoms with van der Waals surface area (Å²) in [5.74, 6) is 1.93. The lowest BCUT2D eigenvalue weighted by atomic mass is 9.99. The molecule has 1 fully saturated rings. The number of aromatic nitrogens is 4. The van der Waals surface area contributed by atoms with Crippen LogP contribution in [0.4, 0.5) is 10.3 Å². The highest BCUT2D eigenvalue weighted by Crippen LogP contribution is 2.31. The fraction of sp³-hybridized carbons (Fsp3) is 0.350. The predicted octanol–water partition coefficient (Wildman–Crippen LogP) is 3.92. The number of nitrogens with zero attached hydrogens (tertiary/aromatic N) is 5. The Morgan fingerprint density at radius 3 is 2.65 bits per heavy atom. The summed E-state index contributed by atoms with van der Waals surface area (Å²) in [7, 11) is 1.93. The highest BCUT2D eigenvalue weighted by atomic mass is 19.1. The lowest BCUT2D eigenvalue weighted by Gasteiger charge is -2.30. The standard InChI is InChI=1S/C20H22FN5/c1-14-6-9-26(10-7-14)20-23-13-17(15-4-3-5-16(21)12-15)18(24-20)19-22-8-11-25(19)2/h3-5,8,11-14H,6-7,9-10H2,1-2H3. The molecular weight excluding hydrogens is 329 g/mol. The SMILES string of the molecule is CC1CCN(c2ncc(-c3cccc(F)c3)c(-c3nccn3C)n2)CC1. The normalized spacial score (nSPS) is 15.4. The average Bonchev–Trinajstić information content (AvgIpc) is 3.08. The van der Waals surface area contributed by atoms with Gasteiger partial charge in [-0.05, 0) is 36.5 Å². The summed E-state index contributed by atoms with van der Waals surface area (Å²) in [5.41, 5.74) is 2.27. The summed E-state index contributed by atoms with van der Waals surface area (Å²) in [4.78, 5) is 16.1. The number of halogens is 1. The fourth-order valence-electron chi connectivity index (χ4n) is 3.36. The minimum atomic E-state index is -0.276. The van der Waals surface area contributed by atoms with Crippen LogP contribution in [0.25, 0.3) is 22.6 Å². The highest BCUT2D eigenvalue weighted by molar-refractivity contribution is 5.78. The van der Waals surface area contributed by atoms with Crippen molar-refractivity contribution in [2.45, 2.75) is 19.8 Å². The molecule has 3 heterocycles. The van der Waals surface area contributed by atoms with Gasteiger partial charge in [0.15, 0.2) is 5.82 Å². The van der Waals surface area contributed by atoms with E-state index < -0.39 is 0 Å². The number of benzene rings is 1. The van der Waals surface area contributed by atoms with Crippen molar-refractivity contribution in [1.29, 1.82) is 0 Å². The third-order valence-corrected chi connectivity index (χ3v) is 5.01. The van der Waals surface area contributed by atoms with Crippen LogP contribution in [0.15, 0.2) is 42.9 Å². The van der Waals surface area contributed by atoms with E-state index in [1.165, 1.54) is 12.1 Å². The van der Waals surface area contributed by atoms with Crippen molar-refractivity contribution in [3.05, 3.63) is 48.7 Å². The molecule has 1 saturated heterocycles. The second-order valence-electron chi connectivity index (χ2n) is 6.97. The summed E-state index contributed by atoms with van der Waals surface area (Å²) in [6.45, 7) is 4.20. The van der Waals surface area contributed by atoms with E-state index >= 15 is 0 Å². The molecule has 0 spiro atoms. The van der Waals surface area contributed by atoms with Crippen LogP contribution in [0.3, 0.4) is 0 Å². The number of rotatable bonds is 3. The van der Waals surface area contributed by atoms with E-state index in [0.29, 0.717) is 0 Å². The zero-order valence-corrected chi connectivity index (χ0v) is 15.1. The number of hydrogen-bond acceptors (Lipinski definition) is 4. The van der Waals surface area contributed by atoms with Crippen molar-refractivity contribution in [1.82, 2.24) is 19.5 Å². The quantitative estimate of drug-likeness (QED) is 0.717. The Kier molecular flexibility index (Phi) is 4.41.